The third-order valence-corrected chi connectivity index (χ3v) is 6.26. The lowest BCUT2D eigenvalue weighted by atomic mass is 10.2. The second-order valence-corrected chi connectivity index (χ2v) is 8.72. The Kier molecular flexibility index (Phi) is 7.40. The van der Waals surface area contributed by atoms with E-state index in [1.165, 1.54) is 11.8 Å². The van der Waals surface area contributed by atoms with E-state index in [0.717, 1.165) is 16.8 Å². The predicted molar refractivity (Wildman–Crippen MR) is 135 cm³/mol. The van der Waals surface area contributed by atoms with Gasteiger partial charge in [0.2, 0.25) is 5.91 Å². The number of methoxy groups -OCH3 is 2. The number of ether oxygens (including phenoxy) is 2. The van der Waals surface area contributed by atoms with Crippen LogP contribution in [0.15, 0.2) is 71.9 Å². The van der Waals surface area contributed by atoms with Crippen molar-refractivity contribution in [3.63, 3.8) is 0 Å². The van der Waals surface area contributed by atoms with Crippen molar-refractivity contribution in [2.75, 3.05) is 25.3 Å². The van der Waals surface area contributed by atoms with Crippen LogP contribution in [-0.4, -0.2) is 40.6 Å². The lowest BCUT2D eigenvalue weighted by molar-refractivity contribution is -0.113. The van der Waals surface area contributed by atoms with E-state index < -0.39 is 0 Å². The standard InChI is InChI=1S/C25H23ClN4O3S/c1-16-9-11-18(26)14-20(16)27-23(31)15-34-25-29-28-24(30(25)19-7-5-4-6-8-19)17-10-12-21(32-2)22(13-17)33-3/h4-14H,15H2,1-3H3,(H,27,31). The van der Waals surface area contributed by atoms with E-state index in [0.29, 0.717) is 33.2 Å². The number of anilines is 1. The Morgan fingerprint density at radius 3 is 2.50 bits per heavy atom. The van der Waals surface area contributed by atoms with Gasteiger partial charge in [-0.2, -0.15) is 0 Å². The highest BCUT2D eigenvalue weighted by Gasteiger charge is 2.19. The zero-order valence-electron chi connectivity index (χ0n) is 18.9. The Morgan fingerprint density at radius 2 is 1.76 bits per heavy atom. The minimum atomic E-state index is -0.161. The van der Waals surface area contributed by atoms with Gasteiger partial charge in [-0.05, 0) is 55.0 Å². The Hall–Kier alpha value is -3.49. The number of para-hydroxylation sites is 1. The monoisotopic (exact) mass is 494 g/mol. The molecule has 3 aromatic carbocycles. The summed E-state index contributed by atoms with van der Waals surface area (Å²) >= 11 is 7.37. The first-order chi connectivity index (χ1) is 16.5. The first-order valence-electron chi connectivity index (χ1n) is 10.4. The molecule has 0 saturated heterocycles. The lowest BCUT2D eigenvalue weighted by Gasteiger charge is -2.13. The highest BCUT2D eigenvalue weighted by molar-refractivity contribution is 7.99. The summed E-state index contributed by atoms with van der Waals surface area (Å²) in [6, 6.07) is 20.7. The molecule has 34 heavy (non-hydrogen) atoms. The molecule has 0 aliphatic rings. The minimum Gasteiger partial charge on any atom is -0.493 e. The van der Waals surface area contributed by atoms with Crippen molar-refractivity contribution in [2.45, 2.75) is 12.1 Å². The van der Waals surface area contributed by atoms with E-state index in [1.54, 1.807) is 26.4 Å². The molecule has 174 valence electrons. The second-order valence-electron chi connectivity index (χ2n) is 7.34. The molecule has 0 fully saturated rings. The fourth-order valence-electron chi connectivity index (χ4n) is 3.38. The average molecular weight is 495 g/mol. The van der Waals surface area contributed by atoms with Crippen molar-refractivity contribution >= 4 is 35.0 Å². The molecule has 0 aliphatic heterocycles. The van der Waals surface area contributed by atoms with E-state index in [4.69, 9.17) is 21.1 Å². The first kappa shape index (κ1) is 23.7. The van der Waals surface area contributed by atoms with Crippen molar-refractivity contribution < 1.29 is 14.3 Å². The maximum absolute atomic E-state index is 12.7. The maximum atomic E-state index is 12.7. The van der Waals surface area contributed by atoms with Crippen LogP contribution in [0.1, 0.15) is 5.56 Å². The highest BCUT2D eigenvalue weighted by Crippen LogP contribution is 2.34. The number of aromatic nitrogens is 3. The molecule has 9 heteroatoms. The summed E-state index contributed by atoms with van der Waals surface area (Å²) in [4.78, 5) is 12.7. The summed E-state index contributed by atoms with van der Waals surface area (Å²) in [6.07, 6.45) is 0. The van der Waals surface area contributed by atoms with Gasteiger partial charge in [0.05, 0.1) is 20.0 Å². The van der Waals surface area contributed by atoms with E-state index in [-0.39, 0.29) is 11.7 Å². The quantitative estimate of drug-likeness (QED) is 0.319. The van der Waals surface area contributed by atoms with Crippen molar-refractivity contribution in [1.82, 2.24) is 14.8 Å². The number of thioether (sulfide) groups is 1. The third kappa shape index (κ3) is 5.18. The van der Waals surface area contributed by atoms with Gasteiger partial charge in [0.1, 0.15) is 0 Å². The first-order valence-corrected chi connectivity index (χ1v) is 11.8. The number of hydrogen-bond donors (Lipinski definition) is 1. The molecule has 0 radical (unpaired) electrons. The molecule has 1 N–H and O–H groups in total. The maximum Gasteiger partial charge on any atom is 0.234 e. The van der Waals surface area contributed by atoms with Crippen molar-refractivity contribution in [2.24, 2.45) is 0 Å². The van der Waals surface area contributed by atoms with E-state index in [2.05, 4.69) is 15.5 Å². The Bertz CT molecular complexity index is 1310. The number of rotatable bonds is 8. The molecule has 1 aromatic heterocycles. The zero-order valence-corrected chi connectivity index (χ0v) is 20.5. The summed E-state index contributed by atoms with van der Waals surface area (Å²) in [6.45, 7) is 1.92. The lowest BCUT2D eigenvalue weighted by Crippen LogP contribution is -2.15. The van der Waals surface area contributed by atoms with Gasteiger partial charge in [-0.15, -0.1) is 10.2 Å². The zero-order chi connectivity index (χ0) is 24.1. The smallest absolute Gasteiger partial charge is 0.234 e. The molecular formula is C25H23ClN4O3S. The number of halogens is 1. The van der Waals surface area contributed by atoms with Crippen LogP contribution in [0.5, 0.6) is 11.5 Å². The molecule has 0 spiro atoms. The van der Waals surface area contributed by atoms with Crippen LogP contribution in [0.25, 0.3) is 17.1 Å². The normalized spacial score (nSPS) is 10.7. The predicted octanol–water partition coefficient (Wildman–Crippen LogP) is 5.64. The van der Waals surface area contributed by atoms with Gasteiger partial charge in [0, 0.05) is 22.0 Å². The molecule has 7 nitrogen and oxygen atoms in total. The van der Waals surface area contributed by atoms with Crippen LogP contribution >= 0.6 is 23.4 Å². The van der Waals surface area contributed by atoms with Crippen molar-refractivity contribution in [1.29, 1.82) is 0 Å². The molecule has 0 unspecified atom stereocenters. The van der Waals surface area contributed by atoms with Crippen LogP contribution in [0.2, 0.25) is 5.02 Å². The van der Waals surface area contributed by atoms with Crippen LogP contribution in [0.4, 0.5) is 5.69 Å². The number of benzene rings is 3. The number of carbonyl (C=O) groups is 1. The van der Waals surface area contributed by atoms with Crippen LogP contribution in [0, 0.1) is 6.92 Å². The van der Waals surface area contributed by atoms with E-state index in [9.17, 15) is 4.79 Å². The number of nitrogens with one attached hydrogen (secondary N) is 1. The summed E-state index contributed by atoms with van der Waals surface area (Å²) in [7, 11) is 3.18. The van der Waals surface area contributed by atoms with Crippen molar-refractivity contribution in [3.05, 3.63) is 77.3 Å². The third-order valence-electron chi connectivity index (χ3n) is 5.10. The Morgan fingerprint density at radius 1 is 1.00 bits per heavy atom. The van der Waals surface area contributed by atoms with Crippen LogP contribution < -0.4 is 14.8 Å². The largest absolute Gasteiger partial charge is 0.493 e. The van der Waals surface area contributed by atoms with E-state index in [1.807, 2.05) is 66.1 Å². The Balaban J connectivity index is 1.63. The van der Waals surface area contributed by atoms with Gasteiger partial charge >= 0.3 is 0 Å². The average Bonchev–Trinajstić information content (AvgIpc) is 3.29. The topological polar surface area (TPSA) is 78.3 Å². The van der Waals surface area contributed by atoms with Gasteiger partial charge in [-0.1, -0.05) is 47.6 Å². The molecule has 4 aromatic rings. The summed E-state index contributed by atoms with van der Waals surface area (Å²) in [5, 5.41) is 12.9. The SMILES string of the molecule is COc1ccc(-c2nnc(SCC(=O)Nc3cc(Cl)ccc3C)n2-c2ccccc2)cc1OC. The number of amides is 1. The van der Waals surface area contributed by atoms with Gasteiger partial charge in [-0.25, -0.2) is 0 Å². The van der Waals surface area contributed by atoms with Gasteiger partial charge in [-0.3, -0.25) is 9.36 Å². The summed E-state index contributed by atoms with van der Waals surface area (Å²) in [5.41, 5.74) is 3.31. The molecule has 0 saturated carbocycles. The molecule has 1 amide bonds. The van der Waals surface area contributed by atoms with Gasteiger partial charge in [0.15, 0.2) is 22.5 Å². The molecule has 4 rings (SSSR count). The molecular weight excluding hydrogens is 472 g/mol. The summed E-state index contributed by atoms with van der Waals surface area (Å²) < 4.78 is 12.7. The van der Waals surface area contributed by atoms with Gasteiger partial charge in [0.25, 0.3) is 0 Å². The molecule has 0 aliphatic carbocycles. The van der Waals surface area contributed by atoms with E-state index >= 15 is 0 Å². The number of carbonyl (C=O) groups excluding carboxylic acids is 1. The number of aryl methyl sites for hydroxylation is 1. The number of hydrogen-bond acceptors (Lipinski definition) is 6. The van der Waals surface area contributed by atoms with Crippen LogP contribution in [-0.2, 0) is 4.79 Å². The summed E-state index contributed by atoms with van der Waals surface area (Å²) in [5.74, 6) is 1.84. The van der Waals surface area contributed by atoms with Crippen LogP contribution in [0.3, 0.4) is 0 Å². The fourth-order valence-corrected chi connectivity index (χ4v) is 4.30. The van der Waals surface area contributed by atoms with Gasteiger partial charge < -0.3 is 14.8 Å². The molecule has 1 heterocycles. The highest BCUT2D eigenvalue weighted by atomic mass is 35.5. The fraction of sp³-hybridized carbons (Fsp3) is 0.160. The minimum absolute atomic E-state index is 0.156. The second kappa shape index (κ2) is 10.6. The van der Waals surface area contributed by atoms with Crippen molar-refractivity contribution in [3.8, 4) is 28.6 Å². The molecule has 0 atom stereocenters. The molecule has 0 bridgehead atoms. The number of nitrogens with zero attached hydrogens (tertiary/aromatic N) is 3. The Labute approximate surface area is 207 Å².